The summed E-state index contributed by atoms with van der Waals surface area (Å²) >= 11 is 1.21. The lowest BCUT2D eigenvalue weighted by Gasteiger charge is -2.18. The van der Waals surface area contributed by atoms with Gasteiger partial charge in [-0.25, -0.2) is 9.59 Å². The fourth-order valence-electron chi connectivity index (χ4n) is 1.32. The molecule has 0 aliphatic carbocycles. The molecule has 1 aromatic rings. The number of hydrogen-bond donors (Lipinski definition) is 2. The van der Waals surface area contributed by atoms with Gasteiger partial charge in [0.25, 0.3) is 0 Å². The van der Waals surface area contributed by atoms with Crippen LogP contribution in [0.5, 0.6) is 0 Å². The van der Waals surface area contributed by atoms with Crippen molar-refractivity contribution in [2.75, 3.05) is 18.9 Å². The van der Waals surface area contributed by atoms with E-state index in [1.807, 2.05) is 0 Å². The van der Waals surface area contributed by atoms with E-state index in [2.05, 4.69) is 19.2 Å². The number of hydrogen-bond acceptors (Lipinski definition) is 3. The Balaban J connectivity index is 2.58. The van der Waals surface area contributed by atoms with Crippen molar-refractivity contribution in [1.82, 2.24) is 4.90 Å². The first-order valence-electron chi connectivity index (χ1n) is 5.74. The molecule has 2 amide bonds. The van der Waals surface area contributed by atoms with Gasteiger partial charge < -0.3 is 10.0 Å². The van der Waals surface area contributed by atoms with Gasteiger partial charge in [0.2, 0.25) is 0 Å². The second-order valence-electron chi connectivity index (χ2n) is 4.50. The lowest BCUT2D eigenvalue weighted by molar-refractivity contribution is 0.0698. The average molecular weight is 270 g/mol. The Morgan fingerprint density at radius 2 is 2.17 bits per heavy atom. The summed E-state index contributed by atoms with van der Waals surface area (Å²) in [5.41, 5.74) is 0.130. The molecular formula is C12H18N2O3S. The largest absolute Gasteiger partial charge is 0.478 e. The van der Waals surface area contributed by atoms with Crippen molar-refractivity contribution in [3.8, 4) is 0 Å². The van der Waals surface area contributed by atoms with Crippen molar-refractivity contribution in [1.29, 1.82) is 0 Å². The maximum absolute atomic E-state index is 11.8. The molecule has 0 bridgehead atoms. The summed E-state index contributed by atoms with van der Waals surface area (Å²) < 4.78 is 0. The van der Waals surface area contributed by atoms with Gasteiger partial charge in [-0.15, -0.1) is 11.3 Å². The monoisotopic (exact) mass is 270 g/mol. The second-order valence-corrected chi connectivity index (χ2v) is 5.42. The number of amides is 2. The summed E-state index contributed by atoms with van der Waals surface area (Å²) in [4.78, 5) is 24.3. The van der Waals surface area contributed by atoms with Crippen molar-refractivity contribution in [3.63, 3.8) is 0 Å². The minimum atomic E-state index is -1.03. The van der Waals surface area contributed by atoms with Crippen LogP contribution >= 0.6 is 11.3 Å². The number of anilines is 1. The van der Waals surface area contributed by atoms with E-state index in [1.54, 1.807) is 17.3 Å². The highest BCUT2D eigenvalue weighted by Gasteiger charge is 2.16. The first kappa shape index (κ1) is 14.5. The molecular weight excluding hydrogens is 252 g/mol. The van der Waals surface area contributed by atoms with Crippen molar-refractivity contribution in [3.05, 3.63) is 17.0 Å². The van der Waals surface area contributed by atoms with Crippen LogP contribution in [-0.2, 0) is 0 Å². The number of rotatable bonds is 5. The summed E-state index contributed by atoms with van der Waals surface area (Å²) in [6.07, 6.45) is 0.917. The molecule has 0 fully saturated rings. The quantitative estimate of drug-likeness (QED) is 0.864. The first-order valence-corrected chi connectivity index (χ1v) is 6.62. The van der Waals surface area contributed by atoms with E-state index >= 15 is 0 Å². The molecule has 0 atom stereocenters. The smallest absolute Gasteiger partial charge is 0.338 e. The molecule has 18 heavy (non-hydrogen) atoms. The van der Waals surface area contributed by atoms with Crippen molar-refractivity contribution in [2.24, 2.45) is 5.92 Å². The summed E-state index contributed by atoms with van der Waals surface area (Å²) in [6.45, 7) is 4.83. The number of carbonyl (C=O) groups is 2. The number of nitrogens with zero attached hydrogens (tertiary/aromatic N) is 1. The van der Waals surface area contributed by atoms with Crippen molar-refractivity contribution in [2.45, 2.75) is 20.3 Å². The maximum atomic E-state index is 11.8. The van der Waals surface area contributed by atoms with E-state index in [9.17, 15) is 9.59 Å². The number of carbonyl (C=O) groups excluding carboxylic acids is 1. The van der Waals surface area contributed by atoms with Crippen LogP contribution in [0.1, 0.15) is 30.6 Å². The zero-order valence-corrected chi connectivity index (χ0v) is 11.6. The Kier molecular flexibility index (Phi) is 5.15. The van der Waals surface area contributed by atoms with Crippen molar-refractivity contribution >= 4 is 28.3 Å². The molecule has 0 radical (unpaired) electrons. The summed E-state index contributed by atoms with van der Waals surface area (Å²) in [6, 6.07) is 1.21. The molecule has 6 heteroatoms. The van der Waals surface area contributed by atoms with E-state index in [1.165, 1.54) is 17.4 Å². The van der Waals surface area contributed by atoms with Crippen LogP contribution in [0, 0.1) is 5.92 Å². The molecule has 0 unspecified atom stereocenters. The van der Waals surface area contributed by atoms with Gasteiger partial charge in [-0.05, 0) is 23.8 Å². The van der Waals surface area contributed by atoms with Crippen LogP contribution in [0.3, 0.4) is 0 Å². The number of carboxylic acid groups (broad SMARTS) is 1. The van der Waals surface area contributed by atoms with Crippen LogP contribution < -0.4 is 5.32 Å². The first-order chi connectivity index (χ1) is 8.41. The van der Waals surface area contributed by atoms with Gasteiger partial charge in [-0.2, -0.15) is 0 Å². The number of urea groups is 1. The van der Waals surface area contributed by atoms with Gasteiger partial charge in [0.05, 0.1) is 5.56 Å². The van der Waals surface area contributed by atoms with E-state index in [0.29, 0.717) is 17.5 Å². The highest BCUT2D eigenvalue weighted by atomic mass is 32.1. The van der Waals surface area contributed by atoms with E-state index < -0.39 is 5.97 Å². The van der Waals surface area contributed by atoms with Gasteiger partial charge in [0.1, 0.15) is 5.00 Å². The number of carboxylic acids is 1. The third kappa shape index (κ3) is 4.03. The van der Waals surface area contributed by atoms with Crippen LogP contribution in [0.25, 0.3) is 0 Å². The third-order valence-corrected chi connectivity index (χ3v) is 3.33. The fraction of sp³-hybridized carbons (Fsp3) is 0.500. The number of thiophene rings is 1. The van der Waals surface area contributed by atoms with E-state index in [4.69, 9.17) is 5.11 Å². The molecule has 0 aliphatic rings. The summed E-state index contributed by atoms with van der Waals surface area (Å²) in [7, 11) is 1.70. The molecule has 0 aliphatic heterocycles. The van der Waals surface area contributed by atoms with Gasteiger partial charge in [0.15, 0.2) is 0 Å². The van der Waals surface area contributed by atoms with Crippen LogP contribution in [0.4, 0.5) is 9.80 Å². The molecule has 1 aromatic heterocycles. The molecule has 0 spiro atoms. The average Bonchev–Trinajstić information content (AvgIpc) is 2.73. The Hall–Kier alpha value is -1.56. The van der Waals surface area contributed by atoms with Gasteiger partial charge in [-0.1, -0.05) is 13.8 Å². The molecule has 2 N–H and O–H groups in total. The van der Waals surface area contributed by atoms with Crippen LogP contribution in [-0.4, -0.2) is 35.6 Å². The molecule has 1 rings (SSSR count). The zero-order valence-electron chi connectivity index (χ0n) is 10.8. The summed E-state index contributed by atoms with van der Waals surface area (Å²) in [5.74, 6) is -0.507. The van der Waals surface area contributed by atoms with Gasteiger partial charge >= 0.3 is 12.0 Å². The molecule has 100 valence electrons. The lowest BCUT2D eigenvalue weighted by atomic mass is 10.1. The van der Waals surface area contributed by atoms with Crippen LogP contribution in [0.2, 0.25) is 0 Å². The fourth-order valence-corrected chi connectivity index (χ4v) is 2.09. The molecule has 0 saturated heterocycles. The van der Waals surface area contributed by atoms with E-state index in [0.717, 1.165) is 6.42 Å². The highest BCUT2D eigenvalue weighted by molar-refractivity contribution is 7.14. The standard InChI is InChI=1S/C12H18N2O3S/c1-8(2)4-6-14(3)12(17)13-10-9(11(15)16)5-7-18-10/h5,7-8H,4,6H2,1-3H3,(H,13,17)(H,15,16). The molecule has 0 aromatic carbocycles. The SMILES string of the molecule is CC(C)CCN(C)C(=O)Nc1sccc1C(=O)O. The predicted octanol–water partition coefficient (Wildman–Crippen LogP) is 2.96. The number of aromatic carboxylic acids is 1. The normalized spacial score (nSPS) is 10.4. The van der Waals surface area contributed by atoms with Crippen LogP contribution in [0.15, 0.2) is 11.4 Å². The third-order valence-electron chi connectivity index (χ3n) is 2.50. The lowest BCUT2D eigenvalue weighted by Crippen LogP contribution is -2.32. The zero-order chi connectivity index (χ0) is 13.7. The molecule has 1 heterocycles. The van der Waals surface area contributed by atoms with Gasteiger partial charge in [-0.3, -0.25) is 5.32 Å². The topological polar surface area (TPSA) is 69.6 Å². The van der Waals surface area contributed by atoms with Gasteiger partial charge in [0, 0.05) is 13.6 Å². The Labute approximate surface area is 110 Å². The maximum Gasteiger partial charge on any atom is 0.338 e. The Morgan fingerprint density at radius 1 is 1.50 bits per heavy atom. The Morgan fingerprint density at radius 3 is 2.72 bits per heavy atom. The molecule has 5 nitrogen and oxygen atoms in total. The Bertz CT molecular complexity index is 429. The predicted molar refractivity (Wildman–Crippen MR) is 72.4 cm³/mol. The van der Waals surface area contributed by atoms with Crippen molar-refractivity contribution < 1.29 is 14.7 Å². The highest BCUT2D eigenvalue weighted by Crippen LogP contribution is 2.23. The van der Waals surface area contributed by atoms with E-state index in [-0.39, 0.29) is 11.6 Å². The summed E-state index contributed by atoms with van der Waals surface area (Å²) in [5, 5.41) is 13.6. The second kappa shape index (κ2) is 6.39. The number of nitrogens with one attached hydrogen (secondary N) is 1. The minimum Gasteiger partial charge on any atom is -0.478 e. The molecule has 0 saturated carbocycles. The minimum absolute atomic E-state index is 0.130.